The predicted octanol–water partition coefficient (Wildman–Crippen LogP) is 2.16. The van der Waals surface area contributed by atoms with Gasteiger partial charge in [-0.2, -0.15) is 5.10 Å². The molecule has 0 atom stereocenters. The van der Waals surface area contributed by atoms with Gasteiger partial charge in [0.1, 0.15) is 17.2 Å². The van der Waals surface area contributed by atoms with Crippen molar-refractivity contribution in [2.45, 2.75) is 13.5 Å². The zero-order valence-electron chi connectivity index (χ0n) is 16.2. The number of nitrogens with one attached hydrogen (secondary N) is 1. The topological polar surface area (TPSA) is 85.6 Å². The number of aromatic nitrogens is 2. The summed E-state index contributed by atoms with van der Waals surface area (Å²) in [6.45, 7) is 3.90. The number of fused-ring (bicyclic) bond motifs is 2. The van der Waals surface area contributed by atoms with E-state index in [4.69, 9.17) is 19.7 Å². The molecule has 0 saturated carbocycles. The van der Waals surface area contributed by atoms with Crippen molar-refractivity contribution < 1.29 is 19.4 Å². The fraction of sp³-hybridized carbons (Fsp3) is 0.333. The van der Waals surface area contributed by atoms with Crippen molar-refractivity contribution in [1.82, 2.24) is 15.1 Å². The minimum absolute atomic E-state index is 0.0497. The lowest BCUT2D eigenvalue weighted by atomic mass is 9.86. The third-order valence-corrected chi connectivity index (χ3v) is 5.04. The standard InChI is InChI=1S/C21H23N3O4/c1-12-8-14-18-16(9-12)24(6-4-22-5-7-25)23-20(18)19-15(21(14)26)10-13(27-2)11-17(19)28-3/h8-11,22,25H,4-7H2,1-3H3. The second-order valence-electron chi connectivity index (χ2n) is 6.83. The highest BCUT2D eigenvalue weighted by molar-refractivity contribution is 6.26. The SMILES string of the molecule is COc1cc(OC)c2c(c1)C(=O)c1cc(C)cc3c1c-2nn3CCNCCO. The molecule has 7 nitrogen and oxygen atoms in total. The molecule has 0 fully saturated rings. The van der Waals surface area contributed by atoms with Gasteiger partial charge in [-0.15, -0.1) is 0 Å². The molecular formula is C21H23N3O4. The van der Waals surface area contributed by atoms with E-state index >= 15 is 0 Å². The van der Waals surface area contributed by atoms with Gasteiger partial charge in [0.2, 0.25) is 0 Å². The van der Waals surface area contributed by atoms with Crippen molar-refractivity contribution >= 4 is 16.7 Å². The number of hydrogen-bond acceptors (Lipinski definition) is 6. The van der Waals surface area contributed by atoms with Gasteiger partial charge in [0.25, 0.3) is 0 Å². The Morgan fingerprint density at radius 2 is 1.93 bits per heavy atom. The zero-order chi connectivity index (χ0) is 19.8. The number of hydrogen-bond donors (Lipinski definition) is 2. The first-order valence-electron chi connectivity index (χ1n) is 9.23. The van der Waals surface area contributed by atoms with Crippen LogP contribution in [-0.4, -0.2) is 54.6 Å². The molecule has 0 radical (unpaired) electrons. The van der Waals surface area contributed by atoms with E-state index in [1.807, 2.05) is 17.7 Å². The Bertz CT molecular complexity index is 1070. The number of ketones is 1. The number of benzene rings is 2. The third kappa shape index (κ3) is 2.83. The fourth-order valence-electron chi connectivity index (χ4n) is 3.80. The Labute approximate surface area is 162 Å². The van der Waals surface area contributed by atoms with Crippen LogP contribution in [0.1, 0.15) is 21.5 Å². The van der Waals surface area contributed by atoms with Crippen LogP contribution in [0.15, 0.2) is 24.3 Å². The lowest BCUT2D eigenvalue weighted by molar-refractivity contribution is 0.103. The summed E-state index contributed by atoms with van der Waals surface area (Å²) in [7, 11) is 3.15. The van der Waals surface area contributed by atoms with Gasteiger partial charge in [-0.1, -0.05) is 0 Å². The van der Waals surface area contributed by atoms with Crippen LogP contribution in [0.25, 0.3) is 22.2 Å². The lowest BCUT2D eigenvalue weighted by Crippen LogP contribution is -2.23. The van der Waals surface area contributed by atoms with Crippen LogP contribution in [0.4, 0.5) is 0 Å². The molecule has 0 amide bonds. The van der Waals surface area contributed by atoms with Crippen LogP contribution in [0.2, 0.25) is 0 Å². The molecule has 1 aliphatic carbocycles. The maximum atomic E-state index is 13.3. The molecule has 0 aliphatic heterocycles. The summed E-state index contributed by atoms with van der Waals surface area (Å²) >= 11 is 0. The molecule has 2 N–H and O–H groups in total. The molecule has 28 heavy (non-hydrogen) atoms. The molecule has 1 aromatic heterocycles. The molecular weight excluding hydrogens is 358 g/mol. The van der Waals surface area contributed by atoms with Crippen LogP contribution in [0.3, 0.4) is 0 Å². The van der Waals surface area contributed by atoms with Crippen molar-refractivity contribution in [3.05, 3.63) is 41.0 Å². The highest BCUT2D eigenvalue weighted by atomic mass is 16.5. The second kappa shape index (κ2) is 7.26. The van der Waals surface area contributed by atoms with Crippen LogP contribution >= 0.6 is 0 Å². The number of nitrogens with zero attached hydrogens (tertiary/aromatic N) is 2. The average Bonchev–Trinajstić information content (AvgIpc) is 3.06. The van der Waals surface area contributed by atoms with Crippen molar-refractivity contribution in [2.24, 2.45) is 0 Å². The number of aliphatic hydroxyl groups excluding tert-OH is 1. The molecule has 0 unspecified atom stereocenters. The van der Waals surface area contributed by atoms with Crippen LogP contribution in [0, 0.1) is 6.92 Å². The molecule has 1 heterocycles. The summed E-state index contributed by atoms with van der Waals surface area (Å²) in [6.07, 6.45) is 0. The summed E-state index contributed by atoms with van der Waals surface area (Å²) in [5.41, 5.74) is 4.58. The largest absolute Gasteiger partial charge is 0.497 e. The Morgan fingerprint density at radius 3 is 2.64 bits per heavy atom. The van der Waals surface area contributed by atoms with Gasteiger partial charge >= 0.3 is 0 Å². The minimum Gasteiger partial charge on any atom is -0.497 e. The van der Waals surface area contributed by atoms with Gasteiger partial charge in [-0.25, -0.2) is 0 Å². The maximum Gasteiger partial charge on any atom is 0.194 e. The normalized spacial score (nSPS) is 12.4. The van der Waals surface area contributed by atoms with E-state index in [0.29, 0.717) is 47.8 Å². The smallest absolute Gasteiger partial charge is 0.194 e. The quantitative estimate of drug-likeness (QED) is 0.477. The maximum absolute atomic E-state index is 13.3. The minimum atomic E-state index is -0.0497. The average molecular weight is 381 g/mol. The van der Waals surface area contributed by atoms with Gasteiger partial charge < -0.3 is 19.9 Å². The van der Waals surface area contributed by atoms with Crippen molar-refractivity contribution in [3.63, 3.8) is 0 Å². The summed E-state index contributed by atoms with van der Waals surface area (Å²) < 4.78 is 12.8. The summed E-state index contributed by atoms with van der Waals surface area (Å²) in [5, 5.41) is 17.8. The predicted molar refractivity (Wildman–Crippen MR) is 106 cm³/mol. The Morgan fingerprint density at radius 1 is 1.11 bits per heavy atom. The van der Waals surface area contributed by atoms with Gasteiger partial charge in [-0.05, 0) is 30.7 Å². The highest BCUT2D eigenvalue weighted by Crippen LogP contribution is 2.45. The molecule has 0 spiro atoms. The van der Waals surface area contributed by atoms with Gasteiger partial charge in [-0.3, -0.25) is 9.48 Å². The number of rotatable bonds is 7. The van der Waals surface area contributed by atoms with Crippen molar-refractivity contribution in [3.8, 4) is 22.8 Å². The van der Waals surface area contributed by atoms with E-state index < -0.39 is 0 Å². The lowest BCUT2D eigenvalue weighted by Gasteiger charge is -2.19. The fourth-order valence-corrected chi connectivity index (χ4v) is 3.80. The number of carbonyl (C=O) groups excluding carboxylic acids is 1. The number of carbonyl (C=O) groups is 1. The van der Waals surface area contributed by atoms with E-state index in [-0.39, 0.29) is 12.4 Å². The molecule has 1 aliphatic rings. The zero-order valence-corrected chi connectivity index (χ0v) is 16.2. The van der Waals surface area contributed by atoms with Crippen molar-refractivity contribution in [2.75, 3.05) is 33.9 Å². The van der Waals surface area contributed by atoms with Crippen LogP contribution in [-0.2, 0) is 6.54 Å². The van der Waals surface area contributed by atoms with E-state index in [2.05, 4.69) is 11.4 Å². The number of aryl methyl sites for hydroxylation is 1. The Hall–Kier alpha value is -2.90. The highest BCUT2D eigenvalue weighted by Gasteiger charge is 2.32. The Balaban J connectivity index is 1.94. The monoisotopic (exact) mass is 381 g/mol. The van der Waals surface area contributed by atoms with Crippen LogP contribution < -0.4 is 14.8 Å². The summed E-state index contributed by atoms with van der Waals surface area (Å²) in [4.78, 5) is 13.3. The first-order chi connectivity index (χ1) is 13.6. The van der Waals surface area contributed by atoms with Gasteiger partial charge in [0.05, 0.1) is 38.5 Å². The Kier molecular flexibility index (Phi) is 4.78. The number of ether oxygens (including phenoxy) is 2. The molecule has 0 bridgehead atoms. The van der Waals surface area contributed by atoms with Gasteiger partial charge in [0.15, 0.2) is 5.78 Å². The number of aliphatic hydroxyl groups is 1. The molecule has 7 heteroatoms. The molecule has 4 rings (SSSR count). The molecule has 146 valence electrons. The number of methoxy groups -OCH3 is 2. The van der Waals surface area contributed by atoms with E-state index in [1.165, 1.54) is 0 Å². The van der Waals surface area contributed by atoms with Crippen LogP contribution in [0.5, 0.6) is 11.5 Å². The van der Waals surface area contributed by atoms with E-state index in [0.717, 1.165) is 22.2 Å². The summed E-state index contributed by atoms with van der Waals surface area (Å²) in [5.74, 6) is 1.09. The van der Waals surface area contributed by atoms with E-state index in [9.17, 15) is 4.79 Å². The first-order valence-corrected chi connectivity index (χ1v) is 9.23. The third-order valence-electron chi connectivity index (χ3n) is 5.04. The molecule has 0 saturated heterocycles. The van der Waals surface area contributed by atoms with Gasteiger partial charge in [0, 0.05) is 35.7 Å². The summed E-state index contributed by atoms with van der Waals surface area (Å²) in [6, 6.07) is 7.49. The van der Waals surface area contributed by atoms with Crippen molar-refractivity contribution in [1.29, 1.82) is 0 Å². The second-order valence-corrected chi connectivity index (χ2v) is 6.83. The molecule has 2 aromatic carbocycles. The first kappa shape index (κ1) is 18.5. The molecule has 3 aromatic rings. The van der Waals surface area contributed by atoms with E-state index in [1.54, 1.807) is 26.4 Å².